The zero-order valence-corrected chi connectivity index (χ0v) is 12.3. The molecule has 0 aliphatic carbocycles. The Kier molecular flexibility index (Phi) is 3.30. The van der Waals surface area contributed by atoms with Gasteiger partial charge in [-0.1, -0.05) is 12.1 Å². The molecule has 114 valence electrons. The largest absolute Gasteiger partial charge is 0.364 e. The van der Waals surface area contributed by atoms with Gasteiger partial charge in [-0.05, 0) is 18.2 Å². The highest BCUT2D eigenvalue weighted by Crippen LogP contribution is 2.17. The van der Waals surface area contributed by atoms with E-state index in [4.69, 9.17) is 0 Å². The lowest BCUT2D eigenvalue weighted by molar-refractivity contribution is 0.0618. The number of fused-ring (bicyclic) bond motifs is 1. The van der Waals surface area contributed by atoms with Crippen LogP contribution in [0.15, 0.2) is 49.1 Å². The van der Waals surface area contributed by atoms with Crippen LogP contribution in [0.5, 0.6) is 0 Å². The lowest BCUT2D eigenvalue weighted by Crippen LogP contribution is -2.57. The van der Waals surface area contributed by atoms with Crippen LogP contribution in [-0.2, 0) is 0 Å². The molecular formula is C16H14N6O. The van der Waals surface area contributed by atoms with Gasteiger partial charge in [0, 0.05) is 19.3 Å². The number of carbonyl (C=O) groups excluding carboxylic acids is 1. The molecule has 1 saturated heterocycles. The van der Waals surface area contributed by atoms with E-state index in [0.717, 1.165) is 16.9 Å². The average molecular weight is 306 g/mol. The highest BCUT2D eigenvalue weighted by atomic mass is 16.2. The first kappa shape index (κ1) is 13.6. The maximum Gasteiger partial charge on any atom is 0.274 e. The molecule has 0 unspecified atom stereocenters. The number of benzene rings is 1. The van der Waals surface area contributed by atoms with E-state index >= 15 is 0 Å². The number of hydrogen-bond acceptors (Lipinski definition) is 6. The van der Waals surface area contributed by atoms with Crippen LogP contribution in [0.2, 0.25) is 0 Å². The van der Waals surface area contributed by atoms with Gasteiger partial charge >= 0.3 is 0 Å². The number of hydrogen-bond donors (Lipinski definition) is 1. The number of carbonyl (C=O) groups is 1. The Morgan fingerprint density at radius 2 is 1.96 bits per heavy atom. The van der Waals surface area contributed by atoms with Gasteiger partial charge in [-0.2, -0.15) is 0 Å². The first-order valence-electron chi connectivity index (χ1n) is 7.33. The zero-order valence-electron chi connectivity index (χ0n) is 12.3. The quantitative estimate of drug-likeness (QED) is 0.786. The molecule has 1 amide bonds. The van der Waals surface area contributed by atoms with Crippen molar-refractivity contribution in [2.75, 3.05) is 18.4 Å². The van der Waals surface area contributed by atoms with Crippen molar-refractivity contribution in [3.63, 3.8) is 0 Å². The Hall–Kier alpha value is -3.09. The Morgan fingerprint density at radius 3 is 2.74 bits per heavy atom. The number of anilines is 1. The van der Waals surface area contributed by atoms with Crippen molar-refractivity contribution < 1.29 is 4.79 Å². The molecule has 0 radical (unpaired) electrons. The topological polar surface area (TPSA) is 83.9 Å². The number of aromatic nitrogens is 4. The Balaban J connectivity index is 1.42. The smallest absolute Gasteiger partial charge is 0.274 e. The van der Waals surface area contributed by atoms with Crippen molar-refractivity contribution in [3.05, 3.63) is 54.7 Å². The van der Waals surface area contributed by atoms with Crippen molar-refractivity contribution in [2.45, 2.75) is 6.04 Å². The van der Waals surface area contributed by atoms with Crippen molar-refractivity contribution in [1.82, 2.24) is 24.8 Å². The zero-order chi connectivity index (χ0) is 15.6. The normalized spacial score (nSPS) is 14.5. The Morgan fingerprint density at radius 1 is 1.13 bits per heavy atom. The molecule has 3 aromatic rings. The molecule has 2 aromatic heterocycles. The maximum absolute atomic E-state index is 12.4. The number of rotatable bonds is 3. The van der Waals surface area contributed by atoms with Crippen LogP contribution in [0.1, 0.15) is 10.5 Å². The van der Waals surface area contributed by atoms with Gasteiger partial charge in [0.25, 0.3) is 5.91 Å². The second kappa shape index (κ2) is 5.60. The summed E-state index contributed by atoms with van der Waals surface area (Å²) in [4.78, 5) is 30.9. The van der Waals surface area contributed by atoms with Crippen LogP contribution in [-0.4, -0.2) is 49.9 Å². The summed E-state index contributed by atoms with van der Waals surface area (Å²) in [6.07, 6.45) is 4.71. The minimum atomic E-state index is -0.0935. The van der Waals surface area contributed by atoms with Crippen LogP contribution >= 0.6 is 0 Å². The average Bonchev–Trinajstić information content (AvgIpc) is 2.57. The summed E-state index contributed by atoms with van der Waals surface area (Å²) in [6.45, 7) is 1.24. The molecule has 1 N–H and O–H groups in total. The third kappa shape index (κ3) is 2.68. The second-order valence-corrected chi connectivity index (χ2v) is 5.39. The van der Waals surface area contributed by atoms with Gasteiger partial charge in [-0.25, -0.2) is 15.0 Å². The van der Waals surface area contributed by atoms with E-state index in [1.165, 1.54) is 12.5 Å². The van der Waals surface area contributed by atoms with E-state index in [1.54, 1.807) is 17.2 Å². The van der Waals surface area contributed by atoms with Crippen LogP contribution < -0.4 is 5.32 Å². The maximum atomic E-state index is 12.4. The highest BCUT2D eigenvalue weighted by molar-refractivity contribution is 5.94. The minimum absolute atomic E-state index is 0.0935. The van der Waals surface area contributed by atoms with E-state index in [9.17, 15) is 4.79 Å². The number of amides is 1. The van der Waals surface area contributed by atoms with Crippen molar-refractivity contribution in [2.24, 2.45) is 0 Å². The molecule has 23 heavy (non-hydrogen) atoms. The fourth-order valence-electron chi connectivity index (χ4n) is 2.54. The fraction of sp³-hybridized carbons (Fsp3) is 0.188. The summed E-state index contributed by atoms with van der Waals surface area (Å²) in [7, 11) is 0. The second-order valence-electron chi connectivity index (χ2n) is 5.39. The van der Waals surface area contributed by atoms with E-state index < -0.39 is 0 Å². The van der Waals surface area contributed by atoms with Crippen LogP contribution in [0.4, 0.5) is 5.82 Å². The SMILES string of the molecule is O=C(c1cnc2ccccc2n1)N1CC(Nc2ccncn2)C1. The first-order chi connectivity index (χ1) is 11.3. The molecule has 4 rings (SSSR count). The number of likely N-dealkylation sites (tertiary alicyclic amines) is 1. The molecular weight excluding hydrogens is 292 g/mol. The van der Waals surface area contributed by atoms with Crippen molar-refractivity contribution >= 4 is 22.8 Å². The first-order valence-corrected chi connectivity index (χ1v) is 7.33. The molecule has 0 saturated carbocycles. The van der Waals surface area contributed by atoms with Crippen LogP contribution in [0, 0.1) is 0 Å². The molecule has 0 spiro atoms. The molecule has 1 aliphatic rings. The van der Waals surface area contributed by atoms with Gasteiger partial charge in [0.2, 0.25) is 0 Å². The standard InChI is InChI=1S/C16H14N6O/c23-16(14-7-18-12-3-1-2-4-13(12)21-14)22-8-11(9-22)20-15-5-6-17-10-19-15/h1-7,10-11H,8-9H2,(H,17,19,20). The third-order valence-electron chi connectivity index (χ3n) is 3.77. The molecule has 7 nitrogen and oxygen atoms in total. The van der Waals surface area contributed by atoms with Gasteiger partial charge in [-0.3, -0.25) is 9.78 Å². The minimum Gasteiger partial charge on any atom is -0.364 e. The Labute approximate surface area is 132 Å². The molecule has 3 heterocycles. The van der Waals surface area contributed by atoms with E-state index in [0.29, 0.717) is 18.8 Å². The monoisotopic (exact) mass is 306 g/mol. The predicted molar refractivity (Wildman–Crippen MR) is 84.9 cm³/mol. The molecule has 1 fully saturated rings. The fourth-order valence-corrected chi connectivity index (χ4v) is 2.54. The molecule has 1 aromatic carbocycles. The summed E-state index contributed by atoms with van der Waals surface area (Å²) < 4.78 is 0. The number of para-hydroxylation sites is 2. The molecule has 0 atom stereocenters. The number of nitrogens with zero attached hydrogens (tertiary/aromatic N) is 5. The van der Waals surface area contributed by atoms with Crippen molar-refractivity contribution in [1.29, 1.82) is 0 Å². The highest BCUT2D eigenvalue weighted by Gasteiger charge is 2.32. The Bertz CT molecular complexity index is 847. The summed E-state index contributed by atoms with van der Waals surface area (Å²) in [5.74, 6) is 0.673. The van der Waals surface area contributed by atoms with E-state index in [2.05, 4.69) is 25.3 Å². The summed E-state index contributed by atoms with van der Waals surface area (Å²) in [5, 5.41) is 3.26. The van der Waals surface area contributed by atoms with E-state index in [-0.39, 0.29) is 11.9 Å². The van der Waals surface area contributed by atoms with Crippen molar-refractivity contribution in [3.8, 4) is 0 Å². The summed E-state index contributed by atoms with van der Waals surface area (Å²) in [6, 6.07) is 9.52. The van der Waals surface area contributed by atoms with Gasteiger partial charge in [0.1, 0.15) is 17.8 Å². The van der Waals surface area contributed by atoms with E-state index in [1.807, 2.05) is 24.3 Å². The van der Waals surface area contributed by atoms with Gasteiger partial charge in [0.15, 0.2) is 0 Å². The summed E-state index contributed by atoms with van der Waals surface area (Å²) >= 11 is 0. The van der Waals surface area contributed by atoms with Crippen LogP contribution in [0.25, 0.3) is 11.0 Å². The summed E-state index contributed by atoms with van der Waals surface area (Å²) in [5.41, 5.74) is 1.90. The molecule has 1 aliphatic heterocycles. The molecule has 0 bridgehead atoms. The van der Waals surface area contributed by atoms with Gasteiger partial charge in [-0.15, -0.1) is 0 Å². The lowest BCUT2D eigenvalue weighted by Gasteiger charge is -2.39. The van der Waals surface area contributed by atoms with Gasteiger partial charge in [0.05, 0.1) is 23.3 Å². The predicted octanol–water partition coefficient (Wildman–Crippen LogP) is 1.36. The third-order valence-corrected chi connectivity index (χ3v) is 3.77. The number of nitrogens with one attached hydrogen (secondary N) is 1. The van der Waals surface area contributed by atoms with Gasteiger partial charge < -0.3 is 10.2 Å². The van der Waals surface area contributed by atoms with Crippen LogP contribution in [0.3, 0.4) is 0 Å². The molecule has 7 heteroatoms. The lowest BCUT2D eigenvalue weighted by atomic mass is 10.1.